The van der Waals surface area contributed by atoms with Gasteiger partial charge >= 0.3 is 12.1 Å². The number of hydrogen-bond donors (Lipinski definition) is 1. The smallest absolute Gasteiger partial charge is 0.463 e. The monoisotopic (exact) mass is 331 g/mol. The van der Waals surface area contributed by atoms with E-state index in [9.17, 15) is 14.7 Å². The number of aromatic nitrogens is 3. The molecule has 10 nitrogen and oxygen atoms in total. The molecule has 0 fully saturated rings. The topological polar surface area (TPSA) is 122 Å². The van der Waals surface area contributed by atoms with Crippen LogP contribution in [0.4, 0.5) is 4.79 Å². The van der Waals surface area contributed by atoms with Crippen LogP contribution in [0.25, 0.3) is 0 Å². The summed E-state index contributed by atoms with van der Waals surface area (Å²) in [5.41, 5.74) is 0.422. The van der Waals surface area contributed by atoms with Crippen LogP contribution in [0, 0.1) is 5.92 Å². The Morgan fingerprint density at radius 3 is 2.61 bits per heavy atom. The normalized spacial score (nSPS) is 12.0. The van der Waals surface area contributed by atoms with Crippen molar-refractivity contribution in [2.24, 2.45) is 5.92 Å². The molecule has 0 aliphatic heterocycles. The van der Waals surface area contributed by atoms with Crippen molar-refractivity contribution in [3.8, 4) is 0 Å². The van der Waals surface area contributed by atoms with Gasteiger partial charge in [-0.3, -0.25) is 4.79 Å². The Balaban J connectivity index is 2.19. The molecular weight excluding hydrogens is 310 g/mol. The highest BCUT2D eigenvalue weighted by molar-refractivity contribution is 5.71. The van der Waals surface area contributed by atoms with Gasteiger partial charge < -0.3 is 24.1 Å². The van der Waals surface area contributed by atoms with Gasteiger partial charge in [-0.15, -0.1) is 5.10 Å². The molecule has 130 valence electrons. The third-order valence-electron chi connectivity index (χ3n) is 2.47. The Kier molecular flexibility index (Phi) is 7.98. The lowest BCUT2D eigenvalue weighted by Gasteiger charge is -2.12. The minimum absolute atomic E-state index is 0.124. The van der Waals surface area contributed by atoms with Crippen LogP contribution < -0.4 is 0 Å². The van der Waals surface area contributed by atoms with E-state index in [1.807, 2.05) is 0 Å². The van der Waals surface area contributed by atoms with Crippen molar-refractivity contribution in [1.29, 1.82) is 0 Å². The average Bonchev–Trinajstić information content (AvgIpc) is 2.96. The van der Waals surface area contributed by atoms with Crippen molar-refractivity contribution >= 4 is 12.1 Å². The van der Waals surface area contributed by atoms with Gasteiger partial charge in [-0.1, -0.05) is 19.1 Å². The summed E-state index contributed by atoms with van der Waals surface area (Å²) in [7, 11) is 1.51. The number of nitrogens with zero attached hydrogens (tertiary/aromatic N) is 3. The first-order valence-corrected chi connectivity index (χ1v) is 6.94. The van der Waals surface area contributed by atoms with Gasteiger partial charge in [-0.2, -0.15) is 0 Å². The van der Waals surface area contributed by atoms with E-state index in [2.05, 4.69) is 10.3 Å². The molecule has 1 aromatic heterocycles. The first-order chi connectivity index (χ1) is 10.9. The fourth-order valence-electron chi connectivity index (χ4n) is 1.33. The summed E-state index contributed by atoms with van der Waals surface area (Å²) in [5.74, 6) is -0.731. The van der Waals surface area contributed by atoms with E-state index in [-0.39, 0.29) is 32.5 Å². The molecule has 0 spiro atoms. The molecule has 0 aromatic carbocycles. The van der Waals surface area contributed by atoms with E-state index in [1.54, 1.807) is 20.0 Å². The maximum absolute atomic E-state index is 11.4. The van der Waals surface area contributed by atoms with E-state index < -0.39 is 18.2 Å². The Morgan fingerprint density at radius 2 is 1.96 bits per heavy atom. The molecule has 0 bridgehead atoms. The van der Waals surface area contributed by atoms with Crippen LogP contribution in [0.3, 0.4) is 0 Å². The third kappa shape index (κ3) is 7.56. The molecule has 1 unspecified atom stereocenters. The summed E-state index contributed by atoms with van der Waals surface area (Å²) in [6.07, 6.45) is -0.537. The minimum Gasteiger partial charge on any atom is -0.463 e. The zero-order valence-electron chi connectivity index (χ0n) is 13.3. The summed E-state index contributed by atoms with van der Waals surface area (Å²) in [6, 6.07) is 0. The number of carbonyl (C=O) groups excluding carboxylic acids is 2. The van der Waals surface area contributed by atoms with E-state index in [4.69, 9.17) is 18.9 Å². The maximum atomic E-state index is 11.4. The standard InChI is InChI=1S/C13H21N3O7/c1-9(2)12(18)21-6-11(17)7-23-13(19)22-5-10-4-16(8-20-3)15-14-10/h4,9,11,17H,5-8H2,1-3H3. The Hall–Kier alpha value is -2.20. The highest BCUT2D eigenvalue weighted by Crippen LogP contribution is 2.00. The fraction of sp³-hybridized carbons (Fsp3) is 0.692. The summed E-state index contributed by atoms with van der Waals surface area (Å²) in [6.45, 7) is 2.85. The SMILES string of the molecule is COCn1cc(COC(=O)OCC(O)COC(=O)C(C)C)nn1. The first-order valence-electron chi connectivity index (χ1n) is 6.94. The summed E-state index contributed by atoms with van der Waals surface area (Å²) in [5, 5.41) is 17.0. The number of methoxy groups -OCH3 is 1. The molecule has 1 heterocycles. The highest BCUT2D eigenvalue weighted by atomic mass is 16.7. The lowest BCUT2D eigenvalue weighted by atomic mass is 10.2. The van der Waals surface area contributed by atoms with Gasteiger partial charge in [-0.25, -0.2) is 9.48 Å². The Morgan fingerprint density at radius 1 is 1.26 bits per heavy atom. The summed E-state index contributed by atoms with van der Waals surface area (Å²) < 4.78 is 20.6. The second-order valence-corrected chi connectivity index (χ2v) is 4.96. The molecule has 0 aliphatic rings. The van der Waals surface area contributed by atoms with Crippen molar-refractivity contribution in [3.63, 3.8) is 0 Å². The molecule has 23 heavy (non-hydrogen) atoms. The van der Waals surface area contributed by atoms with Crippen LogP contribution in [0.15, 0.2) is 6.20 Å². The van der Waals surface area contributed by atoms with Gasteiger partial charge in [0.25, 0.3) is 0 Å². The van der Waals surface area contributed by atoms with Crippen LogP contribution in [0.2, 0.25) is 0 Å². The predicted octanol–water partition coefficient (Wildman–Crippen LogP) is 0.0953. The van der Waals surface area contributed by atoms with E-state index in [0.717, 1.165) is 0 Å². The predicted molar refractivity (Wildman–Crippen MR) is 75.0 cm³/mol. The molecule has 0 aliphatic carbocycles. The van der Waals surface area contributed by atoms with Crippen molar-refractivity contribution < 1.29 is 33.6 Å². The van der Waals surface area contributed by atoms with Crippen molar-refractivity contribution in [2.75, 3.05) is 20.3 Å². The molecule has 0 amide bonds. The number of aliphatic hydroxyl groups excluding tert-OH is 1. The van der Waals surface area contributed by atoms with Crippen molar-refractivity contribution in [3.05, 3.63) is 11.9 Å². The molecule has 0 saturated carbocycles. The van der Waals surface area contributed by atoms with Gasteiger partial charge in [0, 0.05) is 7.11 Å². The van der Waals surface area contributed by atoms with Crippen LogP contribution in [0.5, 0.6) is 0 Å². The van der Waals surface area contributed by atoms with Crippen molar-refractivity contribution in [2.45, 2.75) is 33.3 Å². The number of carbonyl (C=O) groups is 2. The zero-order chi connectivity index (χ0) is 17.2. The number of hydrogen-bond acceptors (Lipinski definition) is 9. The number of aliphatic hydroxyl groups is 1. The lowest BCUT2D eigenvalue weighted by Crippen LogP contribution is -2.26. The summed E-state index contributed by atoms with van der Waals surface area (Å²) in [4.78, 5) is 22.6. The molecular formula is C13H21N3O7. The van der Waals surface area contributed by atoms with Gasteiger partial charge in [-0.05, 0) is 0 Å². The Bertz CT molecular complexity index is 504. The third-order valence-corrected chi connectivity index (χ3v) is 2.47. The molecule has 0 saturated heterocycles. The van der Waals surface area contributed by atoms with E-state index in [1.165, 1.54) is 11.8 Å². The van der Waals surface area contributed by atoms with Gasteiger partial charge in [0.2, 0.25) is 0 Å². The van der Waals surface area contributed by atoms with Crippen LogP contribution in [-0.2, 0) is 37.1 Å². The second-order valence-electron chi connectivity index (χ2n) is 4.96. The highest BCUT2D eigenvalue weighted by Gasteiger charge is 2.14. The van der Waals surface area contributed by atoms with Crippen LogP contribution >= 0.6 is 0 Å². The van der Waals surface area contributed by atoms with Crippen LogP contribution in [-0.4, -0.2) is 58.7 Å². The number of esters is 1. The minimum atomic E-state index is -1.12. The lowest BCUT2D eigenvalue weighted by molar-refractivity contribution is -0.151. The number of ether oxygens (including phenoxy) is 4. The first kappa shape index (κ1) is 18.8. The zero-order valence-corrected chi connectivity index (χ0v) is 13.3. The molecule has 1 aromatic rings. The quantitative estimate of drug-likeness (QED) is 0.627. The molecule has 1 N–H and O–H groups in total. The Labute approximate surface area is 133 Å². The van der Waals surface area contributed by atoms with E-state index >= 15 is 0 Å². The maximum Gasteiger partial charge on any atom is 0.508 e. The van der Waals surface area contributed by atoms with E-state index in [0.29, 0.717) is 5.69 Å². The second kappa shape index (κ2) is 9.74. The average molecular weight is 331 g/mol. The molecule has 10 heteroatoms. The molecule has 1 rings (SSSR count). The largest absolute Gasteiger partial charge is 0.508 e. The van der Waals surface area contributed by atoms with Gasteiger partial charge in [0.15, 0.2) is 0 Å². The van der Waals surface area contributed by atoms with Crippen molar-refractivity contribution in [1.82, 2.24) is 15.0 Å². The fourth-order valence-corrected chi connectivity index (χ4v) is 1.33. The number of rotatable bonds is 9. The van der Waals surface area contributed by atoms with Gasteiger partial charge in [0.1, 0.15) is 38.3 Å². The molecule has 1 atom stereocenters. The molecule has 0 radical (unpaired) electrons. The van der Waals surface area contributed by atoms with Gasteiger partial charge in [0.05, 0.1) is 12.1 Å². The summed E-state index contributed by atoms with van der Waals surface area (Å²) >= 11 is 0. The van der Waals surface area contributed by atoms with Crippen LogP contribution in [0.1, 0.15) is 19.5 Å².